The zero-order valence-electron chi connectivity index (χ0n) is 17.9. The summed E-state index contributed by atoms with van der Waals surface area (Å²) in [4.78, 5) is 30.1. The van der Waals surface area contributed by atoms with Crippen LogP contribution in [-0.4, -0.2) is 52.1 Å². The lowest BCUT2D eigenvalue weighted by atomic mass is 9.89. The van der Waals surface area contributed by atoms with Crippen molar-refractivity contribution in [1.29, 1.82) is 0 Å². The van der Waals surface area contributed by atoms with Crippen LogP contribution >= 0.6 is 11.3 Å². The van der Waals surface area contributed by atoms with Crippen LogP contribution in [0.1, 0.15) is 75.5 Å². The Bertz CT molecular complexity index is 707. The molecular weight excluding hydrogens is 398 g/mol. The van der Waals surface area contributed by atoms with Gasteiger partial charge in [0, 0.05) is 30.1 Å². The zero-order chi connectivity index (χ0) is 20.9. The standard InChI is InChI=1S/C23H35N3O3S/c27-22(28)17-13-14-25(15-17)16-20-11-12-21(30-20)24-23(29)26(18-7-3-1-4-8-18)19-9-5-2-6-10-19/h11-12,17-19H,1-10,13-16H2,(H,24,29)(H,27,28). The van der Waals surface area contributed by atoms with Gasteiger partial charge in [-0.3, -0.25) is 15.0 Å². The van der Waals surface area contributed by atoms with E-state index in [0.29, 0.717) is 18.6 Å². The van der Waals surface area contributed by atoms with Gasteiger partial charge in [-0.05, 0) is 50.8 Å². The third-order valence-corrected chi connectivity index (χ3v) is 8.05. The number of rotatable bonds is 6. The number of anilines is 1. The molecule has 3 aliphatic rings. The molecule has 1 saturated heterocycles. The molecule has 0 bridgehead atoms. The quantitative estimate of drug-likeness (QED) is 0.650. The summed E-state index contributed by atoms with van der Waals surface area (Å²) in [7, 11) is 0. The summed E-state index contributed by atoms with van der Waals surface area (Å²) in [6.45, 7) is 2.21. The van der Waals surface area contributed by atoms with E-state index >= 15 is 0 Å². The highest BCUT2D eigenvalue weighted by Crippen LogP contribution is 2.32. The number of hydrogen-bond donors (Lipinski definition) is 2. The molecule has 0 radical (unpaired) electrons. The second-order valence-corrected chi connectivity index (χ2v) is 10.4. The number of thiophene rings is 1. The first-order valence-corrected chi connectivity index (χ1v) is 12.5. The lowest BCUT2D eigenvalue weighted by molar-refractivity contribution is -0.141. The van der Waals surface area contributed by atoms with Crippen LogP contribution in [0.25, 0.3) is 0 Å². The number of nitrogens with one attached hydrogen (secondary N) is 1. The van der Waals surface area contributed by atoms with E-state index in [4.69, 9.17) is 0 Å². The van der Waals surface area contributed by atoms with Crippen LogP contribution < -0.4 is 5.32 Å². The molecule has 1 aliphatic heterocycles. The topological polar surface area (TPSA) is 72.9 Å². The van der Waals surface area contributed by atoms with Gasteiger partial charge in [0.25, 0.3) is 0 Å². The Kier molecular flexibility index (Phi) is 7.31. The summed E-state index contributed by atoms with van der Waals surface area (Å²) in [5, 5.41) is 13.3. The number of carbonyl (C=O) groups is 2. The summed E-state index contributed by atoms with van der Waals surface area (Å²) in [5.41, 5.74) is 0. The molecule has 7 heteroatoms. The molecule has 166 valence electrons. The number of urea groups is 1. The number of nitrogens with zero attached hydrogens (tertiary/aromatic N) is 2. The number of carboxylic acid groups (broad SMARTS) is 1. The molecular formula is C23H35N3O3S. The number of carboxylic acids is 1. The van der Waals surface area contributed by atoms with E-state index in [2.05, 4.69) is 21.2 Å². The van der Waals surface area contributed by atoms with Crippen molar-refractivity contribution in [1.82, 2.24) is 9.80 Å². The Hall–Kier alpha value is -1.60. The highest BCUT2D eigenvalue weighted by molar-refractivity contribution is 7.16. The van der Waals surface area contributed by atoms with Gasteiger partial charge in [-0.2, -0.15) is 0 Å². The van der Waals surface area contributed by atoms with E-state index in [-0.39, 0.29) is 11.9 Å². The maximum absolute atomic E-state index is 13.3. The second-order valence-electron chi connectivity index (χ2n) is 9.25. The van der Waals surface area contributed by atoms with Gasteiger partial charge in [-0.15, -0.1) is 11.3 Å². The van der Waals surface area contributed by atoms with Gasteiger partial charge in [-0.1, -0.05) is 38.5 Å². The van der Waals surface area contributed by atoms with Crippen LogP contribution in [0.3, 0.4) is 0 Å². The maximum atomic E-state index is 13.3. The summed E-state index contributed by atoms with van der Waals surface area (Å²) < 4.78 is 0. The van der Waals surface area contributed by atoms with Crippen LogP contribution in [0, 0.1) is 5.92 Å². The third kappa shape index (κ3) is 5.35. The maximum Gasteiger partial charge on any atom is 0.322 e. The van der Waals surface area contributed by atoms with Gasteiger partial charge in [0.15, 0.2) is 0 Å². The van der Waals surface area contributed by atoms with Crippen LogP contribution in [0.2, 0.25) is 0 Å². The molecule has 0 spiro atoms. The van der Waals surface area contributed by atoms with Gasteiger partial charge in [0.2, 0.25) is 0 Å². The highest BCUT2D eigenvalue weighted by atomic mass is 32.1. The summed E-state index contributed by atoms with van der Waals surface area (Å²) in [6.07, 6.45) is 12.8. The fourth-order valence-electron chi connectivity index (χ4n) is 5.45. The lowest BCUT2D eigenvalue weighted by Crippen LogP contribution is -2.50. The van der Waals surface area contributed by atoms with E-state index < -0.39 is 5.97 Å². The Morgan fingerprint density at radius 2 is 1.63 bits per heavy atom. The molecule has 0 aromatic carbocycles. The highest BCUT2D eigenvalue weighted by Gasteiger charge is 2.33. The Morgan fingerprint density at radius 1 is 1.00 bits per heavy atom. The predicted octanol–water partition coefficient (Wildman–Crippen LogP) is 5.15. The summed E-state index contributed by atoms with van der Waals surface area (Å²) in [6, 6.07) is 4.93. The van der Waals surface area contributed by atoms with E-state index in [9.17, 15) is 14.7 Å². The fraction of sp³-hybridized carbons (Fsp3) is 0.739. The van der Waals surface area contributed by atoms with Gasteiger partial charge in [0.05, 0.1) is 10.9 Å². The molecule has 2 N–H and O–H groups in total. The Labute approximate surface area is 183 Å². The van der Waals surface area contributed by atoms with E-state index in [0.717, 1.165) is 50.2 Å². The third-order valence-electron chi connectivity index (χ3n) is 7.06. The number of likely N-dealkylation sites (tertiary alicyclic amines) is 1. The van der Waals surface area contributed by atoms with Crippen molar-refractivity contribution >= 4 is 28.3 Å². The molecule has 1 aromatic heterocycles. The van der Waals surface area contributed by atoms with Gasteiger partial charge >= 0.3 is 12.0 Å². The van der Waals surface area contributed by atoms with Crippen LogP contribution in [0.4, 0.5) is 9.80 Å². The molecule has 1 aromatic rings. The molecule has 3 fully saturated rings. The SMILES string of the molecule is O=C(O)C1CCN(Cc2ccc(NC(=O)N(C3CCCCC3)C3CCCCC3)s2)C1. The molecule has 6 nitrogen and oxygen atoms in total. The van der Waals surface area contributed by atoms with Gasteiger partial charge < -0.3 is 10.0 Å². The van der Waals surface area contributed by atoms with E-state index in [1.807, 2.05) is 6.07 Å². The number of aliphatic carboxylic acids is 1. The second kappa shape index (κ2) is 10.1. The van der Waals surface area contributed by atoms with Crippen LogP contribution in [0.5, 0.6) is 0 Å². The fourth-order valence-corrected chi connectivity index (χ4v) is 6.39. The molecule has 2 saturated carbocycles. The summed E-state index contributed by atoms with van der Waals surface area (Å²) >= 11 is 1.62. The largest absolute Gasteiger partial charge is 0.481 e. The molecule has 2 aliphatic carbocycles. The van der Waals surface area contributed by atoms with E-state index in [1.54, 1.807) is 11.3 Å². The van der Waals surface area contributed by atoms with Crippen molar-refractivity contribution in [2.45, 2.75) is 89.3 Å². The number of amides is 2. The minimum atomic E-state index is -0.692. The van der Waals surface area contributed by atoms with E-state index in [1.165, 1.54) is 43.4 Å². The van der Waals surface area contributed by atoms with Crippen LogP contribution in [-0.2, 0) is 11.3 Å². The molecule has 4 rings (SSSR count). The molecule has 2 amide bonds. The molecule has 2 heterocycles. The first kappa shape index (κ1) is 21.6. The Morgan fingerprint density at radius 3 is 2.20 bits per heavy atom. The molecule has 1 atom stereocenters. The predicted molar refractivity (Wildman–Crippen MR) is 120 cm³/mol. The van der Waals surface area contributed by atoms with Crippen molar-refractivity contribution in [2.75, 3.05) is 18.4 Å². The van der Waals surface area contributed by atoms with Gasteiger partial charge in [-0.25, -0.2) is 4.79 Å². The van der Waals surface area contributed by atoms with Crippen molar-refractivity contribution in [3.8, 4) is 0 Å². The average Bonchev–Trinajstić information content (AvgIpc) is 3.40. The summed E-state index contributed by atoms with van der Waals surface area (Å²) in [5.74, 6) is -0.939. The lowest BCUT2D eigenvalue weighted by Gasteiger charge is -2.41. The van der Waals surface area contributed by atoms with Gasteiger partial charge in [0.1, 0.15) is 0 Å². The first-order chi connectivity index (χ1) is 14.6. The minimum Gasteiger partial charge on any atom is -0.481 e. The number of carbonyl (C=O) groups excluding carboxylic acids is 1. The zero-order valence-corrected chi connectivity index (χ0v) is 18.7. The first-order valence-electron chi connectivity index (χ1n) is 11.7. The van der Waals surface area contributed by atoms with Crippen molar-refractivity contribution in [2.24, 2.45) is 5.92 Å². The average molecular weight is 434 g/mol. The van der Waals surface area contributed by atoms with Crippen molar-refractivity contribution in [3.63, 3.8) is 0 Å². The number of hydrogen-bond acceptors (Lipinski definition) is 4. The smallest absolute Gasteiger partial charge is 0.322 e. The molecule has 30 heavy (non-hydrogen) atoms. The minimum absolute atomic E-state index is 0.0781. The van der Waals surface area contributed by atoms with Crippen molar-refractivity contribution < 1.29 is 14.7 Å². The Balaban J connectivity index is 1.37. The normalized spacial score (nSPS) is 24.1. The van der Waals surface area contributed by atoms with Crippen molar-refractivity contribution in [3.05, 3.63) is 17.0 Å². The molecule has 1 unspecified atom stereocenters. The monoisotopic (exact) mass is 433 g/mol. The van der Waals surface area contributed by atoms with Crippen LogP contribution in [0.15, 0.2) is 12.1 Å².